The van der Waals surface area contributed by atoms with Crippen LogP contribution in [0.5, 0.6) is 0 Å². The Morgan fingerprint density at radius 2 is 1.73 bits per heavy atom. The fraction of sp³-hybridized carbons (Fsp3) is 0. The van der Waals surface area contributed by atoms with Crippen LogP contribution in [0.2, 0.25) is 0 Å². The van der Waals surface area contributed by atoms with Crippen LogP contribution in [0.25, 0.3) is 0 Å². The topological polar surface area (TPSA) is 54.4 Å². The molecule has 0 atom stereocenters. The summed E-state index contributed by atoms with van der Waals surface area (Å²) in [6.07, 6.45) is 0. The third-order valence-corrected chi connectivity index (χ3v) is 5.97. The van der Waals surface area contributed by atoms with E-state index in [1.165, 1.54) is 0 Å². The summed E-state index contributed by atoms with van der Waals surface area (Å²) in [6.45, 7) is -3.71. The van der Waals surface area contributed by atoms with Crippen molar-refractivity contribution in [1.82, 2.24) is 0 Å². The van der Waals surface area contributed by atoms with Gasteiger partial charge in [0.15, 0.2) is 0 Å². The number of benzene rings is 1. The van der Waals surface area contributed by atoms with Gasteiger partial charge >= 0.3 is 75.2 Å². The molecule has 0 saturated heterocycles. The normalized spacial score (nSPS) is 11.0. The molecule has 0 aliphatic heterocycles. The zero-order chi connectivity index (χ0) is 8.32. The molecule has 58 valence electrons. The van der Waals surface area contributed by atoms with Crippen molar-refractivity contribution in [3.05, 3.63) is 30.3 Å². The van der Waals surface area contributed by atoms with Crippen LogP contribution in [0.4, 0.5) is 0 Å². The average Bonchev–Trinajstić information content (AvgIpc) is 1.85. The molecule has 0 aromatic heterocycles. The average molecular weight is 249 g/mol. The van der Waals surface area contributed by atoms with Gasteiger partial charge in [-0.05, 0) is 0 Å². The molecule has 3 nitrogen and oxygen atoms in total. The van der Waals surface area contributed by atoms with Crippen molar-refractivity contribution < 1.29 is 34.7 Å². The zero-order valence-corrected chi connectivity index (χ0v) is 8.83. The third kappa shape index (κ3) is 3.80. The van der Waals surface area contributed by atoms with E-state index < -0.39 is 28.6 Å². The molecular weight excluding hydrogens is 243 g/mol. The molecule has 1 aromatic rings. The predicted octanol–water partition coefficient (Wildman–Crippen LogP) is 0.197. The first-order valence-electron chi connectivity index (χ1n) is 2.88. The molecule has 0 fully saturated rings. The molecule has 0 aliphatic rings. The molecule has 1 N–H and O–H groups in total. The number of hydrogen-bond donors (Lipinski definition) is 1. The van der Waals surface area contributed by atoms with Crippen molar-refractivity contribution in [2.75, 3.05) is 0 Å². The van der Waals surface area contributed by atoms with E-state index in [2.05, 4.69) is 0 Å². The summed E-state index contributed by atoms with van der Waals surface area (Å²) in [6, 6.07) is 8.79. The van der Waals surface area contributed by atoms with Crippen molar-refractivity contribution in [3.63, 3.8) is 0 Å². The summed E-state index contributed by atoms with van der Waals surface area (Å²) in [5.74, 6) is 0. The monoisotopic (exact) mass is 248 g/mol. The van der Waals surface area contributed by atoms with E-state index >= 15 is 0 Å². The van der Waals surface area contributed by atoms with E-state index in [4.69, 9.17) is 4.55 Å². The molecule has 1 aromatic carbocycles. The molecule has 0 amide bonds. The van der Waals surface area contributed by atoms with Crippen molar-refractivity contribution in [2.45, 2.75) is 0 Å². The maximum atomic E-state index is 10.4. The number of rotatable bonds is 2. The summed E-state index contributed by atoms with van der Waals surface area (Å²) in [5.41, 5.74) is 0. The quantitative estimate of drug-likeness (QED) is 0.762. The molecule has 0 radical (unpaired) electrons. The van der Waals surface area contributed by atoms with Crippen LogP contribution in [-0.2, 0) is 28.6 Å². The molecule has 1 rings (SSSR count). The Balaban J connectivity index is 2.82. The van der Waals surface area contributed by atoms with Gasteiger partial charge < -0.3 is 0 Å². The van der Waals surface area contributed by atoms with Crippen LogP contribution in [-0.4, -0.2) is 13.0 Å². The summed E-state index contributed by atoms with van der Waals surface area (Å²) < 4.78 is 30.1. The first-order chi connectivity index (χ1) is 5.08. The standard InChI is InChI=1S/C6H5.HO3S.Zr/c1-2-4-6-5-3-1;1-4(2)3;/h1-5H;(H,1,2,3);. The van der Waals surface area contributed by atoms with Crippen molar-refractivity contribution >= 4 is 10.1 Å². The Morgan fingerprint density at radius 1 is 1.18 bits per heavy atom. The maximum absolute atomic E-state index is 10.4. The van der Waals surface area contributed by atoms with E-state index in [9.17, 15) is 8.42 Å². The summed E-state index contributed by atoms with van der Waals surface area (Å²) in [5, 5.41) is 0. The van der Waals surface area contributed by atoms with Crippen molar-refractivity contribution in [2.24, 2.45) is 0 Å². The van der Waals surface area contributed by atoms with Gasteiger partial charge in [0.2, 0.25) is 0 Å². The van der Waals surface area contributed by atoms with Crippen LogP contribution < -0.4 is 3.27 Å². The summed E-state index contributed by atoms with van der Waals surface area (Å²) >= 11 is -1.82. The Kier molecular flexibility index (Phi) is 2.99. The second-order valence-electron chi connectivity index (χ2n) is 1.94. The molecule has 0 heterocycles. The molecule has 5 heteroatoms. The molecule has 0 aliphatic carbocycles. The van der Waals surface area contributed by atoms with E-state index in [-0.39, 0.29) is 0 Å². The Hall–Kier alpha value is 0.0131. The number of hydrogen-bond acceptors (Lipinski definition) is 2. The zero-order valence-electron chi connectivity index (χ0n) is 5.56. The third-order valence-electron chi connectivity index (χ3n) is 1.02. The second-order valence-corrected chi connectivity index (χ2v) is 9.83. The van der Waals surface area contributed by atoms with Gasteiger partial charge in [-0.1, -0.05) is 0 Å². The van der Waals surface area contributed by atoms with Crippen molar-refractivity contribution in [1.29, 1.82) is 0 Å². The molecule has 0 saturated carbocycles. The van der Waals surface area contributed by atoms with E-state index in [0.29, 0.717) is 0 Å². The van der Waals surface area contributed by atoms with Crippen LogP contribution >= 0.6 is 0 Å². The van der Waals surface area contributed by atoms with Gasteiger partial charge in [0.1, 0.15) is 0 Å². The van der Waals surface area contributed by atoms with Gasteiger partial charge in [-0.25, -0.2) is 0 Å². The van der Waals surface area contributed by atoms with Crippen LogP contribution in [0, 0.1) is 0 Å². The molecule has 0 spiro atoms. The molecule has 0 unspecified atom stereocenters. The van der Waals surface area contributed by atoms with Gasteiger partial charge in [0.05, 0.1) is 0 Å². The van der Waals surface area contributed by atoms with Crippen LogP contribution in [0.3, 0.4) is 0 Å². The minimum atomic E-state index is -3.71. The van der Waals surface area contributed by atoms with E-state index in [1.54, 1.807) is 24.3 Å². The van der Waals surface area contributed by atoms with Crippen molar-refractivity contribution in [3.8, 4) is 0 Å². The summed E-state index contributed by atoms with van der Waals surface area (Å²) in [4.78, 5) is 0. The van der Waals surface area contributed by atoms with Crippen LogP contribution in [0.1, 0.15) is 0 Å². The van der Waals surface area contributed by atoms with Gasteiger partial charge in [-0.2, -0.15) is 0 Å². The van der Waals surface area contributed by atoms with Gasteiger partial charge in [0, 0.05) is 0 Å². The van der Waals surface area contributed by atoms with Gasteiger partial charge in [0.25, 0.3) is 0 Å². The SMILES string of the molecule is O=[S](=O)(O)[Zr][c]1ccccc1. The molecular formula is C6H6O3SZr. The molecule has 0 bridgehead atoms. The fourth-order valence-electron chi connectivity index (χ4n) is 0.655. The fourth-order valence-corrected chi connectivity index (χ4v) is 4.76. The Morgan fingerprint density at radius 3 is 2.18 bits per heavy atom. The minimum absolute atomic E-state index is 0.763. The first kappa shape index (κ1) is 9.10. The second kappa shape index (κ2) is 3.61. The van der Waals surface area contributed by atoms with Gasteiger partial charge in [-0.3, -0.25) is 0 Å². The van der Waals surface area contributed by atoms with E-state index in [1.807, 2.05) is 6.07 Å². The first-order valence-corrected chi connectivity index (χ1v) is 8.56. The molecule has 11 heavy (non-hydrogen) atoms. The Labute approximate surface area is 75.0 Å². The Bertz CT molecular complexity index is 319. The van der Waals surface area contributed by atoms with Gasteiger partial charge in [-0.15, -0.1) is 0 Å². The van der Waals surface area contributed by atoms with Crippen LogP contribution in [0.15, 0.2) is 30.3 Å². The van der Waals surface area contributed by atoms with E-state index in [0.717, 1.165) is 3.27 Å². The summed E-state index contributed by atoms with van der Waals surface area (Å²) in [7, 11) is 0. The predicted molar refractivity (Wildman–Crippen MR) is 37.6 cm³/mol.